The molecule has 0 radical (unpaired) electrons. The number of sulfonamides is 1. The first-order chi connectivity index (χ1) is 10.6. The minimum absolute atomic E-state index is 0.299. The van der Waals surface area contributed by atoms with E-state index in [9.17, 15) is 8.42 Å². The molecule has 1 aromatic rings. The Labute approximate surface area is 133 Å². The predicted molar refractivity (Wildman–Crippen MR) is 89.5 cm³/mol. The predicted octanol–water partition coefficient (Wildman–Crippen LogP) is 1.72. The van der Waals surface area contributed by atoms with Gasteiger partial charge in [-0.2, -0.15) is 0 Å². The lowest BCUT2D eigenvalue weighted by Crippen LogP contribution is -2.36. The number of benzene rings is 1. The third-order valence-corrected chi connectivity index (χ3v) is 5.77. The fourth-order valence-electron chi connectivity index (χ4n) is 2.67. The van der Waals surface area contributed by atoms with Gasteiger partial charge in [-0.05, 0) is 19.0 Å². The molecular weight excluding hydrogens is 300 g/mol. The molecule has 1 heterocycles. The van der Waals surface area contributed by atoms with Gasteiger partial charge in [0.15, 0.2) is 0 Å². The van der Waals surface area contributed by atoms with Gasteiger partial charge in [0.25, 0.3) is 0 Å². The zero-order valence-electron chi connectivity index (χ0n) is 13.2. The van der Waals surface area contributed by atoms with E-state index in [-0.39, 0.29) is 5.25 Å². The van der Waals surface area contributed by atoms with Gasteiger partial charge in [-0.3, -0.25) is 4.90 Å². The second-order valence-corrected chi connectivity index (χ2v) is 7.40. The topological polar surface area (TPSA) is 58.6 Å². The summed E-state index contributed by atoms with van der Waals surface area (Å²) in [5, 5.41) is -0.299. The van der Waals surface area contributed by atoms with E-state index < -0.39 is 10.0 Å². The highest BCUT2D eigenvalue weighted by atomic mass is 32.2. The van der Waals surface area contributed by atoms with Crippen LogP contribution in [0.1, 0.15) is 18.9 Å². The number of rotatable bonds is 7. The van der Waals surface area contributed by atoms with Crippen LogP contribution >= 0.6 is 0 Å². The van der Waals surface area contributed by atoms with Crippen molar-refractivity contribution in [2.75, 3.05) is 33.3 Å². The number of para-hydroxylation sites is 1. The number of hydrogen-bond acceptors (Lipinski definition) is 4. The summed E-state index contributed by atoms with van der Waals surface area (Å²) in [5.41, 5.74) is 1.03. The highest BCUT2D eigenvalue weighted by Gasteiger charge is 2.31. The minimum Gasteiger partial charge on any atom is -0.496 e. The number of ether oxygens (including phenoxy) is 1. The summed E-state index contributed by atoms with van der Waals surface area (Å²) < 4.78 is 31.9. The summed E-state index contributed by atoms with van der Waals surface area (Å²) in [7, 11) is -1.51. The van der Waals surface area contributed by atoms with Crippen LogP contribution in [0.15, 0.2) is 30.3 Å². The monoisotopic (exact) mass is 324 g/mol. The molecule has 2 rings (SSSR count). The molecule has 1 N–H and O–H groups in total. The quantitative estimate of drug-likeness (QED) is 0.830. The number of likely N-dealkylation sites (tertiary alicyclic amines) is 1. The van der Waals surface area contributed by atoms with Crippen LogP contribution in [0.5, 0.6) is 5.75 Å². The van der Waals surface area contributed by atoms with E-state index in [1.165, 1.54) is 0 Å². The van der Waals surface area contributed by atoms with Crippen molar-refractivity contribution in [1.82, 2.24) is 9.62 Å². The van der Waals surface area contributed by atoms with Crippen molar-refractivity contribution < 1.29 is 13.2 Å². The van der Waals surface area contributed by atoms with Crippen molar-refractivity contribution in [3.63, 3.8) is 0 Å². The molecule has 1 aliphatic rings. The maximum Gasteiger partial charge on any atom is 0.215 e. The molecule has 122 valence electrons. The molecule has 1 saturated heterocycles. The molecule has 0 saturated carbocycles. The number of hydrogen-bond donors (Lipinski definition) is 1. The summed E-state index contributed by atoms with van der Waals surface area (Å²) in [6.07, 6.45) is 4.77. The normalized spacial score (nSPS) is 19.8. The van der Waals surface area contributed by atoms with Gasteiger partial charge >= 0.3 is 0 Å². The second-order valence-electron chi connectivity index (χ2n) is 5.36. The first kappa shape index (κ1) is 17.0. The zero-order valence-corrected chi connectivity index (χ0v) is 14.0. The van der Waals surface area contributed by atoms with Crippen molar-refractivity contribution in [2.45, 2.75) is 18.6 Å². The highest BCUT2D eigenvalue weighted by Crippen LogP contribution is 2.19. The van der Waals surface area contributed by atoms with Gasteiger partial charge in [-0.1, -0.05) is 37.3 Å². The van der Waals surface area contributed by atoms with E-state index in [0.717, 1.165) is 24.4 Å². The van der Waals surface area contributed by atoms with Crippen molar-refractivity contribution in [1.29, 1.82) is 0 Å². The Hall–Kier alpha value is -1.37. The van der Waals surface area contributed by atoms with Crippen LogP contribution in [0.25, 0.3) is 6.08 Å². The van der Waals surface area contributed by atoms with E-state index in [4.69, 9.17) is 4.74 Å². The Morgan fingerprint density at radius 1 is 1.41 bits per heavy atom. The van der Waals surface area contributed by atoms with Crippen LogP contribution in [0, 0.1) is 0 Å². The Morgan fingerprint density at radius 3 is 2.91 bits per heavy atom. The molecule has 5 nitrogen and oxygen atoms in total. The summed E-state index contributed by atoms with van der Waals surface area (Å²) in [6.45, 7) is 4.40. The van der Waals surface area contributed by atoms with Gasteiger partial charge in [0.05, 0.1) is 12.4 Å². The van der Waals surface area contributed by atoms with E-state index >= 15 is 0 Å². The molecule has 0 unspecified atom stereocenters. The fourth-order valence-corrected chi connectivity index (χ4v) is 4.13. The molecule has 1 atom stereocenters. The number of nitrogens with one attached hydrogen (secondary N) is 1. The molecule has 0 aromatic heterocycles. The van der Waals surface area contributed by atoms with Crippen molar-refractivity contribution >= 4 is 16.1 Å². The number of nitrogens with zero attached hydrogens (tertiary/aromatic N) is 1. The minimum atomic E-state index is -3.17. The van der Waals surface area contributed by atoms with Crippen LogP contribution in [0.3, 0.4) is 0 Å². The average molecular weight is 324 g/mol. The fraction of sp³-hybridized carbons (Fsp3) is 0.500. The molecule has 0 spiro atoms. The zero-order chi connectivity index (χ0) is 16.0. The highest BCUT2D eigenvalue weighted by molar-refractivity contribution is 7.90. The Kier molecular flexibility index (Phi) is 5.99. The van der Waals surface area contributed by atoms with Crippen molar-refractivity contribution in [3.05, 3.63) is 35.9 Å². The van der Waals surface area contributed by atoms with Gasteiger partial charge in [0.2, 0.25) is 10.0 Å². The lowest BCUT2D eigenvalue weighted by Gasteiger charge is -2.14. The molecule has 1 aliphatic heterocycles. The first-order valence-electron chi connectivity index (χ1n) is 7.57. The molecular formula is C16H24N2O3S. The summed E-state index contributed by atoms with van der Waals surface area (Å²) >= 11 is 0. The average Bonchev–Trinajstić information content (AvgIpc) is 2.97. The summed E-state index contributed by atoms with van der Waals surface area (Å²) in [6, 6.07) is 7.83. The van der Waals surface area contributed by atoms with Gasteiger partial charge in [-0.15, -0.1) is 0 Å². The molecule has 0 amide bonds. The Bertz CT molecular complexity index is 614. The number of methoxy groups -OCH3 is 1. The molecule has 1 aromatic carbocycles. The lowest BCUT2D eigenvalue weighted by atomic mass is 10.2. The van der Waals surface area contributed by atoms with E-state index in [0.29, 0.717) is 19.5 Å². The third-order valence-electron chi connectivity index (χ3n) is 3.81. The SMILES string of the molecule is CCNS(=O)(=O)[C@@H]1CCN(C/C=C/c2ccccc2OC)C1. The summed E-state index contributed by atoms with van der Waals surface area (Å²) in [5.74, 6) is 0.841. The van der Waals surface area contributed by atoms with Gasteiger partial charge in [-0.25, -0.2) is 13.1 Å². The maximum absolute atomic E-state index is 12.0. The third kappa shape index (κ3) is 4.32. The molecule has 0 aliphatic carbocycles. The molecule has 1 fully saturated rings. The van der Waals surface area contributed by atoms with Crippen molar-refractivity contribution in [3.8, 4) is 5.75 Å². The van der Waals surface area contributed by atoms with Crippen LogP contribution in [-0.4, -0.2) is 51.9 Å². The van der Waals surface area contributed by atoms with Crippen LogP contribution in [0.4, 0.5) is 0 Å². The van der Waals surface area contributed by atoms with Gasteiger partial charge < -0.3 is 4.74 Å². The van der Waals surface area contributed by atoms with Gasteiger partial charge in [0, 0.05) is 25.2 Å². The molecule has 22 heavy (non-hydrogen) atoms. The van der Waals surface area contributed by atoms with Gasteiger partial charge in [0.1, 0.15) is 5.75 Å². The lowest BCUT2D eigenvalue weighted by molar-refractivity contribution is 0.377. The smallest absolute Gasteiger partial charge is 0.215 e. The Morgan fingerprint density at radius 2 is 2.18 bits per heavy atom. The molecule has 0 bridgehead atoms. The largest absolute Gasteiger partial charge is 0.496 e. The molecule has 6 heteroatoms. The Balaban J connectivity index is 1.90. The van der Waals surface area contributed by atoms with Crippen molar-refractivity contribution in [2.24, 2.45) is 0 Å². The maximum atomic E-state index is 12.0. The van der Waals surface area contributed by atoms with E-state index in [1.54, 1.807) is 14.0 Å². The second kappa shape index (κ2) is 7.76. The first-order valence-corrected chi connectivity index (χ1v) is 9.12. The van der Waals surface area contributed by atoms with Crippen LogP contribution in [-0.2, 0) is 10.0 Å². The summed E-state index contributed by atoms with van der Waals surface area (Å²) in [4.78, 5) is 2.16. The van der Waals surface area contributed by atoms with Crippen LogP contribution in [0.2, 0.25) is 0 Å². The standard InChI is InChI=1S/C16H24N2O3S/c1-3-17-22(19,20)15-10-12-18(13-15)11-6-8-14-7-4-5-9-16(14)21-2/h4-9,15,17H,3,10-13H2,1-2H3/b8-6+/t15-/m1/s1. The van der Waals surface area contributed by atoms with Crippen LogP contribution < -0.4 is 9.46 Å². The van der Waals surface area contributed by atoms with E-state index in [1.807, 2.05) is 30.3 Å². The van der Waals surface area contributed by atoms with E-state index in [2.05, 4.69) is 15.7 Å².